The van der Waals surface area contributed by atoms with E-state index in [1.807, 2.05) is 13.8 Å². The first kappa shape index (κ1) is 11.7. The van der Waals surface area contributed by atoms with E-state index < -0.39 is 0 Å². The van der Waals surface area contributed by atoms with Crippen LogP contribution in [0.3, 0.4) is 0 Å². The van der Waals surface area contributed by atoms with Crippen LogP contribution in [0, 0.1) is 18.7 Å². The molecule has 0 aliphatic carbocycles. The van der Waals surface area contributed by atoms with Gasteiger partial charge < -0.3 is 4.74 Å². The molecule has 0 N–H and O–H groups in total. The van der Waals surface area contributed by atoms with Crippen LogP contribution >= 0.6 is 0 Å². The number of aryl methyl sites for hydroxylation is 1. The minimum Gasteiger partial charge on any atom is -0.486 e. The number of ether oxygens (including phenoxy) is 1. The summed E-state index contributed by atoms with van der Waals surface area (Å²) in [4.78, 5) is 11.3. The number of Topliss-reactive ketones (excluding diaryl/α,β-unsaturated/α-hetero) is 1. The van der Waals surface area contributed by atoms with Gasteiger partial charge in [0.15, 0.2) is 5.78 Å². The SMILES string of the molecule is Cc1cc(OCC(=O)C(C)C)ccc1F. The first-order valence-electron chi connectivity index (χ1n) is 4.92. The number of hydrogen-bond donors (Lipinski definition) is 0. The number of carbonyl (C=O) groups excluding carboxylic acids is 1. The van der Waals surface area contributed by atoms with Crippen LogP contribution in [0.5, 0.6) is 5.75 Å². The molecule has 0 atom stereocenters. The number of carbonyl (C=O) groups is 1. The molecule has 0 fully saturated rings. The van der Waals surface area contributed by atoms with Crippen LogP contribution in [0.1, 0.15) is 19.4 Å². The largest absolute Gasteiger partial charge is 0.486 e. The summed E-state index contributed by atoms with van der Waals surface area (Å²) in [5, 5.41) is 0. The third kappa shape index (κ3) is 3.35. The fourth-order valence-electron chi connectivity index (χ4n) is 1.03. The van der Waals surface area contributed by atoms with Crippen LogP contribution in [-0.4, -0.2) is 12.4 Å². The number of ketones is 1. The third-order valence-corrected chi connectivity index (χ3v) is 2.15. The highest BCUT2D eigenvalue weighted by atomic mass is 19.1. The second kappa shape index (κ2) is 4.91. The number of benzene rings is 1. The van der Waals surface area contributed by atoms with E-state index in [0.29, 0.717) is 11.3 Å². The van der Waals surface area contributed by atoms with Crippen molar-refractivity contribution in [2.45, 2.75) is 20.8 Å². The summed E-state index contributed by atoms with van der Waals surface area (Å²) in [6.07, 6.45) is 0. The number of halogens is 1. The van der Waals surface area contributed by atoms with Gasteiger partial charge in [-0.05, 0) is 30.7 Å². The van der Waals surface area contributed by atoms with Crippen LogP contribution in [0.15, 0.2) is 18.2 Å². The summed E-state index contributed by atoms with van der Waals surface area (Å²) in [5.74, 6) is 0.268. The van der Waals surface area contributed by atoms with Gasteiger partial charge in [0.1, 0.15) is 18.2 Å². The van der Waals surface area contributed by atoms with E-state index in [-0.39, 0.29) is 24.1 Å². The van der Waals surface area contributed by atoms with Gasteiger partial charge in [0.25, 0.3) is 0 Å². The van der Waals surface area contributed by atoms with E-state index in [4.69, 9.17) is 4.74 Å². The maximum Gasteiger partial charge on any atom is 0.172 e. The lowest BCUT2D eigenvalue weighted by Crippen LogP contribution is -2.16. The van der Waals surface area contributed by atoms with Gasteiger partial charge in [-0.3, -0.25) is 4.79 Å². The van der Waals surface area contributed by atoms with E-state index in [9.17, 15) is 9.18 Å². The predicted molar refractivity (Wildman–Crippen MR) is 56.5 cm³/mol. The van der Waals surface area contributed by atoms with Crippen molar-refractivity contribution in [3.05, 3.63) is 29.6 Å². The van der Waals surface area contributed by atoms with Crippen molar-refractivity contribution in [3.63, 3.8) is 0 Å². The van der Waals surface area contributed by atoms with Crippen molar-refractivity contribution in [2.75, 3.05) is 6.61 Å². The molecule has 3 heteroatoms. The van der Waals surface area contributed by atoms with Crippen LogP contribution < -0.4 is 4.74 Å². The Morgan fingerprint density at radius 3 is 2.67 bits per heavy atom. The quantitative estimate of drug-likeness (QED) is 0.763. The van der Waals surface area contributed by atoms with E-state index >= 15 is 0 Å². The van der Waals surface area contributed by atoms with Crippen molar-refractivity contribution < 1.29 is 13.9 Å². The molecular weight excluding hydrogens is 195 g/mol. The lowest BCUT2D eigenvalue weighted by atomic mass is 10.1. The molecule has 0 aliphatic rings. The number of hydrogen-bond acceptors (Lipinski definition) is 2. The fourth-order valence-corrected chi connectivity index (χ4v) is 1.03. The van der Waals surface area contributed by atoms with E-state index in [1.165, 1.54) is 12.1 Å². The minimum absolute atomic E-state index is 0.0356. The van der Waals surface area contributed by atoms with E-state index in [1.54, 1.807) is 13.0 Å². The molecule has 1 aromatic rings. The Bertz CT molecular complexity index is 359. The molecule has 1 rings (SSSR count). The van der Waals surface area contributed by atoms with Crippen molar-refractivity contribution in [1.82, 2.24) is 0 Å². The summed E-state index contributed by atoms with van der Waals surface area (Å²) in [6, 6.07) is 4.45. The molecule has 0 saturated carbocycles. The summed E-state index contributed by atoms with van der Waals surface area (Å²) in [7, 11) is 0. The van der Waals surface area contributed by atoms with Crippen LogP contribution in [0.2, 0.25) is 0 Å². The second-order valence-corrected chi connectivity index (χ2v) is 3.82. The van der Waals surface area contributed by atoms with Gasteiger partial charge in [-0.25, -0.2) is 4.39 Å². The lowest BCUT2D eigenvalue weighted by molar-refractivity contribution is -0.123. The molecule has 0 saturated heterocycles. The van der Waals surface area contributed by atoms with Crippen LogP contribution in [0.25, 0.3) is 0 Å². The van der Waals surface area contributed by atoms with Crippen molar-refractivity contribution in [2.24, 2.45) is 5.92 Å². The topological polar surface area (TPSA) is 26.3 Å². The molecule has 0 unspecified atom stereocenters. The molecule has 0 spiro atoms. The van der Waals surface area contributed by atoms with Gasteiger partial charge in [0, 0.05) is 5.92 Å². The molecule has 0 radical (unpaired) electrons. The summed E-state index contributed by atoms with van der Waals surface area (Å²) in [6.45, 7) is 5.35. The zero-order valence-electron chi connectivity index (χ0n) is 9.21. The summed E-state index contributed by atoms with van der Waals surface area (Å²) >= 11 is 0. The standard InChI is InChI=1S/C12H15FO2/c1-8(2)12(14)7-15-10-4-5-11(13)9(3)6-10/h4-6,8H,7H2,1-3H3. The van der Waals surface area contributed by atoms with Gasteiger partial charge in [0.2, 0.25) is 0 Å². The Balaban J connectivity index is 2.58. The Morgan fingerprint density at radius 2 is 2.13 bits per heavy atom. The van der Waals surface area contributed by atoms with Gasteiger partial charge in [-0.1, -0.05) is 13.8 Å². The third-order valence-electron chi connectivity index (χ3n) is 2.15. The lowest BCUT2D eigenvalue weighted by Gasteiger charge is -2.08. The van der Waals surface area contributed by atoms with E-state index in [0.717, 1.165) is 0 Å². The maximum atomic E-state index is 12.9. The van der Waals surface area contributed by atoms with Crippen LogP contribution in [-0.2, 0) is 4.79 Å². The molecule has 2 nitrogen and oxygen atoms in total. The summed E-state index contributed by atoms with van der Waals surface area (Å²) in [5.41, 5.74) is 0.518. The smallest absolute Gasteiger partial charge is 0.172 e. The van der Waals surface area contributed by atoms with Gasteiger partial charge >= 0.3 is 0 Å². The molecule has 0 heterocycles. The van der Waals surface area contributed by atoms with Crippen molar-refractivity contribution in [3.8, 4) is 5.75 Å². The first-order chi connectivity index (χ1) is 7.00. The minimum atomic E-state index is -0.266. The molecular formula is C12H15FO2. The Morgan fingerprint density at radius 1 is 1.47 bits per heavy atom. The molecule has 0 bridgehead atoms. The van der Waals surface area contributed by atoms with Crippen molar-refractivity contribution in [1.29, 1.82) is 0 Å². The highest BCUT2D eigenvalue weighted by Crippen LogP contribution is 2.16. The van der Waals surface area contributed by atoms with Gasteiger partial charge in [-0.2, -0.15) is 0 Å². The van der Waals surface area contributed by atoms with Gasteiger partial charge in [-0.15, -0.1) is 0 Å². The highest BCUT2D eigenvalue weighted by Gasteiger charge is 2.08. The number of rotatable bonds is 4. The van der Waals surface area contributed by atoms with Crippen molar-refractivity contribution >= 4 is 5.78 Å². The second-order valence-electron chi connectivity index (χ2n) is 3.82. The van der Waals surface area contributed by atoms with E-state index in [2.05, 4.69) is 0 Å². The normalized spacial score (nSPS) is 10.5. The molecule has 82 valence electrons. The predicted octanol–water partition coefficient (Wildman–Crippen LogP) is 2.74. The molecule has 15 heavy (non-hydrogen) atoms. The Kier molecular flexibility index (Phi) is 3.83. The van der Waals surface area contributed by atoms with Crippen LogP contribution in [0.4, 0.5) is 4.39 Å². The summed E-state index contributed by atoms with van der Waals surface area (Å²) < 4.78 is 18.2. The molecule has 0 aliphatic heterocycles. The molecule has 0 amide bonds. The Labute approximate surface area is 89.1 Å². The Hall–Kier alpha value is -1.38. The molecule has 0 aromatic heterocycles. The highest BCUT2D eigenvalue weighted by molar-refractivity contribution is 5.81. The average molecular weight is 210 g/mol. The zero-order chi connectivity index (χ0) is 11.4. The van der Waals surface area contributed by atoms with Gasteiger partial charge in [0.05, 0.1) is 0 Å². The maximum absolute atomic E-state index is 12.9. The monoisotopic (exact) mass is 210 g/mol. The average Bonchev–Trinajstić information content (AvgIpc) is 2.19. The fraction of sp³-hybridized carbons (Fsp3) is 0.417. The zero-order valence-corrected chi connectivity index (χ0v) is 9.21. The molecule has 1 aromatic carbocycles. The first-order valence-corrected chi connectivity index (χ1v) is 4.92.